The summed E-state index contributed by atoms with van der Waals surface area (Å²) in [6, 6.07) is 23.5. The first-order chi connectivity index (χ1) is 30.3. The quantitative estimate of drug-likeness (QED) is 0.0593. The molecule has 0 radical (unpaired) electrons. The summed E-state index contributed by atoms with van der Waals surface area (Å²) in [5.41, 5.74) is 1.43. The van der Waals surface area contributed by atoms with Crippen LogP contribution < -0.4 is 25.5 Å². The summed E-state index contributed by atoms with van der Waals surface area (Å²) in [5, 5.41) is 16.5. The Bertz CT molecular complexity index is 2620. The Hall–Kier alpha value is -6.23. The van der Waals surface area contributed by atoms with Gasteiger partial charge in [0.2, 0.25) is 15.5 Å². The van der Waals surface area contributed by atoms with E-state index in [0.717, 1.165) is 5.56 Å². The number of nitrogens with one attached hydrogen (secondary N) is 3. The van der Waals surface area contributed by atoms with Crippen LogP contribution >= 0.6 is 0 Å². The van der Waals surface area contributed by atoms with E-state index in [1.807, 2.05) is 45.0 Å². The second kappa shape index (κ2) is 20.1. The number of carbonyl (C=O) groups excluding carboxylic acids is 3. The molecule has 4 N–H and O–H groups in total. The molecule has 0 bridgehead atoms. The van der Waals surface area contributed by atoms with Crippen molar-refractivity contribution in [3.8, 4) is 17.2 Å². The number of H-pyrrole nitrogens is 1. The number of para-hydroxylation sites is 1. The van der Waals surface area contributed by atoms with E-state index < -0.39 is 44.3 Å². The molecule has 4 aromatic carbocycles. The third-order valence-electron chi connectivity index (χ3n) is 10.5. The molecule has 0 unspecified atom stereocenters. The predicted molar refractivity (Wildman–Crippen MR) is 243 cm³/mol. The number of aromatic hydroxyl groups is 1. The highest BCUT2D eigenvalue weighted by atomic mass is 32.2. The maximum absolute atomic E-state index is 13.4. The third-order valence-corrected chi connectivity index (χ3v) is 12.5. The molecule has 1 fully saturated rings. The van der Waals surface area contributed by atoms with Crippen LogP contribution in [0.1, 0.15) is 92.1 Å². The van der Waals surface area contributed by atoms with Crippen molar-refractivity contribution in [2.75, 3.05) is 51.4 Å². The van der Waals surface area contributed by atoms with E-state index in [1.165, 1.54) is 40.8 Å². The lowest BCUT2D eigenvalue weighted by molar-refractivity contribution is -0.153. The third kappa shape index (κ3) is 12.1. The number of nitrogens with zero attached hydrogens (tertiary/aromatic N) is 1. The van der Waals surface area contributed by atoms with Gasteiger partial charge in [-0.15, -0.1) is 0 Å². The van der Waals surface area contributed by atoms with Crippen LogP contribution in [0.25, 0.3) is 10.9 Å². The number of anilines is 1. The largest absolute Gasteiger partial charge is 0.504 e. The molecule has 340 valence electrons. The van der Waals surface area contributed by atoms with E-state index in [1.54, 1.807) is 51.1 Å². The van der Waals surface area contributed by atoms with E-state index in [4.69, 9.17) is 18.9 Å². The van der Waals surface area contributed by atoms with Gasteiger partial charge in [0.05, 0.1) is 18.1 Å². The number of pyridine rings is 1. The van der Waals surface area contributed by atoms with Crippen molar-refractivity contribution in [2.24, 2.45) is 0 Å². The number of hydrogen-bond acceptors (Lipinski definition) is 11. The van der Waals surface area contributed by atoms with Crippen molar-refractivity contribution in [3.63, 3.8) is 0 Å². The molecule has 0 spiro atoms. The maximum atomic E-state index is 13.4. The Labute approximate surface area is 373 Å². The number of aromatic nitrogens is 1. The van der Waals surface area contributed by atoms with E-state index >= 15 is 0 Å². The standard InChI is InChI=1S/C48H56N4O11S/c1-47(2,3)38-27-42(41(53)28-40(38)51-46(57)37-29-49-39-10-8-7-9-36(39)44(37)55)62-26-24-60-23-25-61-34-15-11-31(12-16-34)32-19-21-52(22-20-32)64(58,59)35-17-13-33(14-18-35)45(56)50-30-43(54)63-48(4,5)6/h7-18,27-29,32,53H,19-26,30H2,1-6H3,(H,49,55)(H,50,56)(H,51,57). The molecule has 5 aromatic rings. The first-order valence-corrected chi connectivity index (χ1v) is 22.6. The van der Waals surface area contributed by atoms with Gasteiger partial charge in [-0.2, -0.15) is 4.31 Å². The average molecular weight is 897 g/mol. The van der Waals surface area contributed by atoms with Gasteiger partial charge in [0.15, 0.2) is 11.5 Å². The molecular weight excluding hydrogens is 841 g/mol. The number of ether oxygens (including phenoxy) is 4. The van der Waals surface area contributed by atoms with Crippen molar-refractivity contribution in [1.29, 1.82) is 0 Å². The first kappa shape index (κ1) is 47.3. The minimum absolute atomic E-state index is 0.0478. The lowest BCUT2D eigenvalue weighted by atomic mass is 9.85. The zero-order valence-electron chi connectivity index (χ0n) is 37.0. The number of benzene rings is 4. The minimum Gasteiger partial charge on any atom is -0.504 e. The van der Waals surface area contributed by atoms with Crippen LogP contribution in [0.4, 0.5) is 5.69 Å². The van der Waals surface area contributed by atoms with Crippen LogP contribution in [-0.2, 0) is 29.7 Å². The van der Waals surface area contributed by atoms with Gasteiger partial charge in [-0.3, -0.25) is 19.2 Å². The number of hydrogen-bond donors (Lipinski definition) is 4. The highest BCUT2D eigenvalue weighted by molar-refractivity contribution is 7.89. The summed E-state index contributed by atoms with van der Waals surface area (Å²) < 4.78 is 51.0. The first-order valence-electron chi connectivity index (χ1n) is 21.1. The van der Waals surface area contributed by atoms with Gasteiger partial charge in [0.25, 0.3) is 11.8 Å². The van der Waals surface area contributed by atoms with Crippen LogP contribution in [0.15, 0.2) is 101 Å². The molecular formula is C48H56N4O11S. The number of fused-ring (bicyclic) bond motifs is 1. The fourth-order valence-electron chi connectivity index (χ4n) is 7.29. The van der Waals surface area contributed by atoms with Gasteiger partial charge >= 0.3 is 5.97 Å². The number of sulfonamides is 1. The number of carbonyl (C=O) groups is 3. The zero-order chi connectivity index (χ0) is 46.2. The van der Waals surface area contributed by atoms with Gasteiger partial charge in [-0.25, -0.2) is 8.42 Å². The highest BCUT2D eigenvalue weighted by Crippen LogP contribution is 2.39. The lowest BCUT2D eigenvalue weighted by Gasteiger charge is -2.31. The molecule has 1 saturated heterocycles. The maximum Gasteiger partial charge on any atom is 0.325 e. The highest BCUT2D eigenvalue weighted by Gasteiger charge is 2.30. The number of aromatic amines is 1. The SMILES string of the molecule is CC(C)(C)OC(=O)CNC(=O)c1ccc(S(=O)(=O)N2CCC(c3ccc(OCCOCCOc4cc(C(C)(C)C)c(NC(=O)c5c[nH]c6ccccc6c5=O)cc4O)cc3)CC2)cc1. The summed E-state index contributed by atoms with van der Waals surface area (Å²) in [7, 11) is -3.77. The number of rotatable bonds is 16. The molecule has 16 heteroatoms. The van der Waals surface area contributed by atoms with E-state index in [-0.39, 0.29) is 53.2 Å². The van der Waals surface area contributed by atoms with Crippen molar-refractivity contribution >= 4 is 44.4 Å². The molecule has 64 heavy (non-hydrogen) atoms. The summed E-state index contributed by atoms with van der Waals surface area (Å²) >= 11 is 0. The molecule has 0 atom stereocenters. The normalized spacial score (nSPS) is 13.9. The van der Waals surface area contributed by atoms with Gasteiger partial charge in [0, 0.05) is 47.5 Å². The molecule has 1 aliphatic heterocycles. The van der Waals surface area contributed by atoms with Crippen LogP contribution in [0.5, 0.6) is 17.2 Å². The van der Waals surface area contributed by atoms with Crippen molar-refractivity contribution < 1.29 is 46.9 Å². The molecule has 2 amide bonds. The molecule has 0 saturated carbocycles. The molecule has 6 rings (SSSR count). The van der Waals surface area contributed by atoms with E-state index in [9.17, 15) is 32.7 Å². The van der Waals surface area contributed by atoms with E-state index in [2.05, 4.69) is 15.6 Å². The fraction of sp³-hybridized carbons (Fsp3) is 0.375. The Morgan fingerprint density at radius 1 is 0.828 bits per heavy atom. The number of esters is 1. The van der Waals surface area contributed by atoms with Crippen LogP contribution in [-0.4, -0.2) is 92.3 Å². The Kier molecular flexibility index (Phi) is 14.8. The van der Waals surface area contributed by atoms with Gasteiger partial charge in [0.1, 0.15) is 36.7 Å². The minimum atomic E-state index is -3.77. The van der Waals surface area contributed by atoms with Gasteiger partial charge < -0.3 is 39.7 Å². The van der Waals surface area contributed by atoms with E-state index in [0.29, 0.717) is 67.0 Å². The Morgan fingerprint density at radius 3 is 2.14 bits per heavy atom. The number of piperidine rings is 1. The van der Waals surface area contributed by atoms with Gasteiger partial charge in [-0.05, 0) is 111 Å². The number of amides is 2. The second-order valence-corrected chi connectivity index (χ2v) is 19.4. The summed E-state index contributed by atoms with van der Waals surface area (Å²) in [6.45, 7) is 12.4. The molecule has 0 aliphatic carbocycles. The summed E-state index contributed by atoms with van der Waals surface area (Å²) in [6.07, 6.45) is 2.67. The van der Waals surface area contributed by atoms with Crippen LogP contribution in [0.3, 0.4) is 0 Å². The average Bonchev–Trinajstić information content (AvgIpc) is 3.25. The number of phenols is 1. The fourth-order valence-corrected chi connectivity index (χ4v) is 8.76. The summed E-state index contributed by atoms with van der Waals surface area (Å²) in [5.74, 6) is -0.784. The number of phenolic OH excluding ortho intramolecular Hbond substituents is 1. The summed E-state index contributed by atoms with van der Waals surface area (Å²) in [4.78, 5) is 53.8. The Morgan fingerprint density at radius 2 is 1.48 bits per heavy atom. The lowest BCUT2D eigenvalue weighted by Crippen LogP contribution is -2.38. The zero-order valence-corrected chi connectivity index (χ0v) is 37.8. The monoisotopic (exact) mass is 896 g/mol. The van der Waals surface area contributed by atoms with Crippen LogP contribution in [0, 0.1) is 0 Å². The predicted octanol–water partition coefficient (Wildman–Crippen LogP) is 6.90. The molecule has 15 nitrogen and oxygen atoms in total. The van der Waals surface area contributed by atoms with Crippen molar-refractivity contribution in [3.05, 3.63) is 124 Å². The second-order valence-electron chi connectivity index (χ2n) is 17.5. The smallest absolute Gasteiger partial charge is 0.325 e. The van der Waals surface area contributed by atoms with Crippen LogP contribution in [0.2, 0.25) is 0 Å². The van der Waals surface area contributed by atoms with Crippen molar-refractivity contribution in [2.45, 2.75) is 76.2 Å². The Balaban J connectivity index is 0.912. The molecule has 2 heterocycles. The van der Waals surface area contributed by atoms with Crippen molar-refractivity contribution in [1.82, 2.24) is 14.6 Å². The topological polar surface area (TPSA) is 203 Å². The van der Waals surface area contributed by atoms with Gasteiger partial charge in [-0.1, -0.05) is 45.0 Å². The molecule has 1 aromatic heterocycles. The molecule has 1 aliphatic rings.